The van der Waals surface area contributed by atoms with E-state index in [9.17, 15) is 4.79 Å². The first-order valence-corrected chi connectivity index (χ1v) is 8.41. The fourth-order valence-electron chi connectivity index (χ4n) is 2.75. The Labute approximate surface area is 150 Å². The maximum Gasteiger partial charge on any atom is 0.254 e. The van der Waals surface area contributed by atoms with Crippen molar-refractivity contribution >= 4 is 40.1 Å². The minimum atomic E-state index is -0.0924. The van der Waals surface area contributed by atoms with Gasteiger partial charge in [0, 0.05) is 29.2 Å². The first kappa shape index (κ1) is 16.8. The summed E-state index contributed by atoms with van der Waals surface area (Å²) < 4.78 is 2.07. The van der Waals surface area contributed by atoms with Crippen LogP contribution in [0.4, 0.5) is 0 Å². The predicted molar refractivity (Wildman–Crippen MR) is 97.7 cm³/mol. The topological polar surface area (TPSA) is 38.1 Å². The van der Waals surface area contributed by atoms with Gasteiger partial charge in [-0.25, -0.2) is 4.98 Å². The number of fused-ring (bicyclic) bond motifs is 1. The maximum atomic E-state index is 12.6. The summed E-state index contributed by atoms with van der Waals surface area (Å²) in [5.74, 6) is 0.734. The Morgan fingerprint density at radius 1 is 1.17 bits per heavy atom. The van der Waals surface area contributed by atoms with Crippen molar-refractivity contribution in [2.24, 2.45) is 0 Å². The molecule has 0 N–H and O–H groups in total. The second-order valence-corrected chi connectivity index (χ2v) is 6.45. The molecule has 0 unspecified atom stereocenters. The Balaban J connectivity index is 1.90. The van der Waals surface area contributed by atoms with Crippen LogP contribution < -0.4 is 0 Å². The fourth-order valence-corrected chi connectivity index (χ4v) is 3.10. The number of hydrogen-bond donors (Lipinski definition) is 0. The molecule has 1 heterocycles. The predicted octanol–water partition coefficient (Wildman–Crippen LogP) is 4.64. The van der Waals surface area contributed by atoms with Crippen molar-refractivity contribution < 1.29 is 4.79 Å². The smallest absolute Gasteiger partial charge is 0.254 e. The quantitative estimate of drug-likeness (QED) is 0.678. The minimum Gasteiger partial charge on any atom is -0.334 e. The van der Waals surface area contributed by atoms with Gasteiger partial charge in [0.2, 0.25) is 0 Å². The van der Waals surface area contributed by atoms with Crippen molar-refractivity contribution in [3.63, 3.8) is 0 Å². The number of hydrogen-bond acceptors (Lipinski definition) is 2. The van der Waals surface area contributed by atoms with E-state index in [-0.39, 0.29) is 5.91 Å². The maximum absolute atomic E-state index is 12.6. The van der Waals surface area contributed by atoms with Crippen molar-refractivity contribution in [2.45, 2.75) is 20.0 Å². The van der Waals surface area contributed by atoms with E-state index in [4.69, 9.17) is 23.2 Å². The molecule has 0 bridgehead atoms. The minimum absolute atomic E-state index is 0.0924. The molecule has 1 amide bonds. The van der Waals surface area contributed by atoms with E-state index in [0.717, 1.165) is 23.4 Å². The van der Waals surface area contributed by atoms with Gasteiger partial charge in [-0.05, 0) is 43.3 Å². The molecule has 0 fully saturated rings. The standard InChI is InChI=1S/C18H17Cl2N3O/c1-3-23-16-10-14(20)7-8-15(16)21-17(23)11-22(2)18(24)12-5-4-6-13(19)9-12/h4-10H,3,11H2,1-2H3. The molecule has 0 aliphatic carbocycles. The average molecular weight is 362 g/mol. The molecule has 0 saturated carbocycles. The van der Waals surface area contributed by atoms with Gasteiger partial charge in [-0.2, -0.15) is 0 Å². The fraction of sp³-hybridized carbons (Fsp3) is 0.222. The van der Waals surface area contributed by atoms with Gasteiger partial charge in [0.15, 0.2) is 0 Å². The van der Waals surface area contributed by atoms with Crippen LogP contribution in [0.2, 0.25) is 10.0 Å². The lowest BCUT2D eigenvalue weighted by Gasteiger charge is -2.17. The van der Waals surface area contributed by atoms with Crippen molar-refractivity contribution in [3.05, 3.63) is 63.9 Å². The van der Waals surface area contributed by atoms with E-state index in [1.807, 2.05) is 25.1 Å². The van der Waals surface area contributed by atoms with Crippen LogP contribution in [0.5, 0.6) is 0 Å². The molecule has 0 spiro atoms. The van der Waals surface area contributed by atoms with Crippen LogP contribution >= 0.6 is 23.2 Å². The molecule has 124 valence electrons. The molecular weight excluding hydrogens is 345 g/mol. The van der Waals surface area contributed by atoms with E-state index in [1.54, 1.807) is 36.2 Å². The molecule has 24 heavy (non-hydrogen) atoms. The van der Waals surface area contributed by atoms with E-state index in [2.05, 4.69) is 9.55 Å². The number of benzene rings is 2. The second-order valence-electron chi connectivity index (χ2n) is 5.58. The molecule has 0 atom stereocenters. The summed E-state index contributed by atoms with van der Waals surface area (Å²) >= 11 is 12.1. The summed E-state index contributed by atoms with van der Waals surface area (Å²) in [7, 11) is 1.76. The van der Waals surface area contributed by atoms with Crippen LogP contribution in [-0.4, -0.2) is 27.4 Å². The number of imidazole rings is 1. The molecule has 3 aromatic rings. The number of aryl methyl sites for hydroxylation is 1. The lowest BCUT2D eigenvalue weighted by atomic mass is 10.2. The Morgan fingerprint density at radius 3 is 2.62 bits per heavy atom. The number of aromatic nitrogens is 2. The van der Waals surface area contributed by atoms with E-state index < -0.39 is 0 Å². The van der Waals surface area contributed by atoms with Gasteiger partial charge in [0.25, 0.3) is 5.91 Å². The second kappa shape index (κ2) is 6.83. The molecular formula is C18H17Cl2N3O. The zero-order chi connectivity index (χ0) is 17.3. The van der Waals surface area contributed by atoms with Crippen molar-refractivity contribution in [1.29, 1.82) is 0 Å². The summed E-state index contributed by atoms with van der Waals surface area (Å²) in [5.41, 5.74) is 2.41. The molecule has 6 heteroatoms. The Kier molecular flexibility index (Phi) is 4.78. The van der Waals surface area contributed by atoms with Gasteiger partial charge in [0.1, 0.15) is 5.82 Å². The highest BCUT2D eigenvalue weighted by molar-refractivity contribution is 6.31. The first-order chi connectivity index (χ1) is 11.5. The molecule has 0 saturated heterocycles. The molecule has 4 nitrogen and oxygen atoms in total. The average Bonchev–Trinajstić information content (AvgIpc) is 2.90. The highest BCUT2D eigenvalue weighted by atomic mass is 35.5. The lowest BCUT2D eigenvalue weighted by Crippen LogP contribution is -2.27. The Hall–Kier alpha value is -2.04. The van der Waals surface area contributed by atoms with Gasteiger partial charge in [0.05, 0.1) is 17.6 Å². The van der Waals surface area contributed by atoms with Gasteiger partial charge < -0.3 is 9.47 Å². The molecule has 1 aromatic heterocycles. The normalized spacial score (nSPS) is 11.0. The van der Waals surface area contributed by atoms with Crippen LogP contribution in [0.15, 0.2) is 42.5 Å². The van der Waals surface area contributed by atoms with Gasteiger partial charge in [-0.3, -0.25) is 4.79 Å². The largest absolute Gasteiger partial charge is 0.334 e. The summed E-state index contributed by atoms with van der Waals surface area (Å²) in [5, 5.41) is 1.22. The van der Waals surface area contributed by atoms with Crippen LogP contribution in [-0.2, 0) is 13.1 Å². The summed E-state index contributed by atoms with van der Waals surface area (Å²) in [6, 6.07) is 12.6. The molecule has 3 rings (SSSR count). The third-order valence-electron chi connectivity index (χ3n) is 3.90. The van der Waals surface area contributed by atoms with Crippen LogP contribution in [0.1, 0.15) is 23.1 Å². The number of carbonyl (C=O) groups excluding carboxylic acids is 1. The number of rotatable bonds is 4. The van der Waals surface area contributed by atoms with Gasteiger partial charge in [-0.1, -0.05) is 29.3 Å². The molecule has 2 aromatic carbocycles. The monoisotopic (exact) mass is 361 g/mol. The van der Waals surface area contributed by atoms with Crippen LogP contribution in [0, 0.1) is 0 Å². The molecule has 0 radical (unpaired) electrons. The zero-order valence-corrected chi connectivity index (χ0v) is 15.0. The zero-order valence-electron chi connectivity index (χ0n) is 13.5. The van der Waals surface area contributed by atoms with Crippen LogP contribution in [0.3, 0.4) is 0 Å². The number of halogens is 2. The third-order valence-corrected chi connectivity index (χ3v) is 4.37. The van der Waals surface area contributed by atoms with Gasteiger partial charge in [-0.15, -0.1) is 0 Å². The Morgan fingerprint density at radius 2 is 1.92 bits per heavy atom. The highest BCUT2D eigenvalue weighted by Gasteiger charge is 2.17. The SMILES string of the molecule is CCn1c(CN(C)C(=O)c2cccc(Cl)c2)nc2ccc(Cl)cc21. The van der Waals surface area contributed by atoms with E-state index in [0.29, 0.717) is 22.2 Å². The van der Waals surface area contributed by atoms with Crippen molar-refractivity contribution in [2.75, 3.05) is 7.05 Å². The highest BCUT2D eigenvalue weighted by Crippen LogP contribution is 2.22. The molecule has 0 aliphatic heterocycles. The number of amides is 1. The van der Waals surface area contributed by atoms with E-state index >= 15 is 0 Å². The Bertz CT molecular complexity index is 904. The van der Waals surface area contributed by atoms with Crippen LogP contribution in [0.25, 0.3) is 11.0 Å². The molecule has 0 aliphatic rings. The third kappa shape index (κ3) is 3.25. The summed E-state index contributed by atoms with van der Waals surface area (Å²) in [6.45, 7) is 3.21. The summed E-state index contributed by atoms with van der Waals surface area (Å²) in [6.07, 6.45) is 0. The lowest BCUT2D eigenvalue weighted by molar-refractivity contribution is 0.0780. The number of carbonyl (C=O) groups is 1. The van der Waals surface area contributed by atoms with Crippen molar-refractivity contribution in [3.8, 4) is 0 Å². The first-order valence-electron chi connectivity index (χ1n) is 7.65. The van der Waals surface area contributed by atoms with Gasteiger partial charge >= 0.3 is 0 Å². The van der Waals surface area contributed by atoms with E-state index in [1.165, 1.54) is 0 Å². The van der Waals surface area contributed by atoms with Crippen molar-refractivity contribution in [1.82, 2.24) is 14.5 Å². The number of nitrogens with zero attached hydrogens (tertiary/aromatic N) is 3. The summed E-state index contributed by atoms with van der Waals surface area (Å²) in [4.78, 5) is 18.9.